The molecule has 2 heterocycles. The smallest absolute Gasteiger partial charge is 0.406 e. The molecule has 0 unspecified atom stereocenters. The number of hydrogen-bond donors (Lipinski definition) is 2. The van der Waals surface area contributed by atoms with Crippen LogP contribution in [0.2, 0.25) is 0 Å². The summed E-state index contributed by atoms with van der Waals surface area (Å²) in [6.45, 7) is 0. The van der Waals surface area contributed by atoms with Crippen LogP contribution in [0.5, 0.6) is 5.75 Å². The number of nitrogens with zero attached hydrogens (tertiary/aromatic N) is 1. The highest BCUT2D eigenvalue weighted by Gasteiger charge is 2.31. The number of aromatic nitrogens is 1. The summed E-state index contributed by atoms with van der Waals surface area (Å²) in [5.74, 6) is -0.626. The molecule has 152 valence electrons. The average Bonchev–Trinajstić information content (AvgIpc) is 3.00. The third-order valence-corrected chi connectivity index (χ3v) is 4.85. The molecule has 3 aromatic rings. The predicted molar refractivity (Wildman–Crippen MR) is 106 cm³/mol. The fraction of sp³-hybridized carbons (Fsp3) is 0.0500. The summed E-state index contributed by atoms with van der Waals surface area (Å²) < 4.78 is 41.2. The molecule has 1 aromatic heterocycles. The second kappa shape index (κ2) is 7.64. The number of alkyl halides is 3. The third-order valence-electron chi connectivity index (χ3n) is 4.02. The molecule has 0 saturated carbocycles. The number of rotatable bonds is 4. The Bertz CT molecular complexity index is 1340. The molecule has 6 nitrogen and oxygen atoms in total. The molecule has 1 aliphatic heterocycles. The lowest BCUT2D eigenvalue weighted by Gasteiger charge is -2.11. The van der Waals surface area contributed by atoms with Gasteiger partial charge in [0.2, 0.25) is 0 Å². The topological polar surface area (TPSA) is 83.5 Å². The van der Waals surface area contributed by atoms with E-state index in [1.165, 1.54) is 18.2 Å². The van der Waals surface area contributed by atoms with E-state index < -0.39 is 22.9 Å². The minimum Gasteiger partial charge on any atom is -0.406 e. The molecular weight excluding hydrogens is 419 g/mol. The number of anilines is 2. The number of aromatic amines is 1. The summed E-state index contributed by atoms with van der Waals surface area (Å²) >= 11 is 0.850. The Morgan fingerprint density at radius 3 is 2.70 bits per heavy atom. The number of ether oxygens (including phenoxy) is 1. The number of carbonyl (C=O) groups is 1. The Kier molecular flexibility index (Phi) is 5.00. The van der Waals surface area contributed by atoms with Gasteiger partial charge in [0, 0.05) is 22.5 Å². The van der Waals surface area contributed by atoms with E-state index in [4.69, 9.17) is 0 Å². The molecule has 30 heavy (non-hydrogen) atoms. The van der Waals surface area contributed by atoms with E-state index in [2.05, 4.69) is 20.0 Å². The Hall–Kier alpha value is -3.66. The Morgan fingerprint density at radius 1 is 1.10 bits per heavy atom. The van der Waals surface area contributed by atoms with Gasteiger partial charge < -0.3 is 10.1 Å². The van der Waals surface area contributed by atoms with Gasteiger partial charge in [0.1, 0.15) is 11.6 Å². The number of benzene rings is 2. The van der Waals surface area contributed by atoms with Crippen molar-refractivity contribution >= 4 is 40.9 Å². The van der Waals surface area contributed by atoms with Crippen LogP contribution in [-0.4, -0.2) is 17.3 Å². The Balaban J connectivity index is 1.67. The maximum Gasteiger partial charge on any atom is 0.573 e. The zero-order valence-electron chi connectivity index (χ0n) is 15.0. The second-order valence-corrected chi connectivity index (χ2v) is 7.19. The van der Waals surface area contributed by atoms with E-state index in [0.717, 1.165) is 28.7 Å². The fourth-order valence-electron chi connectivity index (χ4n) is 2.81. The lowest BCUT2D eigenvalue weighted by atomic mass is 10.1. The fourth-order valence-corrected chi connectivity index (χ4v) is 3.55. The van der Waals surface area contributed by atoms with Gasteiger partial charge in [-0.25, -0.2) is 4.99 Å². The summed E-state index contributed by atoms with van der Waals surface area (Å²) in [6, 6.07) is 12.3. The highest BCUT2D eigenvalue weighted by atomic mass is 32.1. The lowest BCUT2D eigenvalue weighted by Crippen LogP contribution is -2.29. The van der Waals surface area contributed by atoms with Crippen LogP contribution in [0, 0.1) is 0 Å². The van der Waals surface area contributed by atoms with Crippen LogP contribution in [0.3, 0.4) is 0 Å². The first-order valence-corrected chi connectivity index (χ1v) is 9.36. The van der Waals surface area contributed by atoms with Crippen LogP contribution in [-0.2, 0) is 4.79 Å². The molecule has 4 rings (SSSR count). The zero-order valence-corrected chi connectivity index (χ0v) is 15.8. The molecule has 0 radical (unpaired) electrons. The lowest BCUT2D eigenvalue weighted by molar-refractivity contribution is -0.274. The van der Waals surface area contributed by atoms with Gasteiger partial charge in [-0.05, 0) is 30.4 Å². The molecule has 0 saturated heterocycles. The van der Waals surface area contributed by atoms with Crippen molar-refractivity contribution < 1.29 is 22.7 Å². The normalized spacial score (nSPS) is 14.6. The molecule has 0 atom stereocenters. The van der Waals surface area contributed by atoms with Crippen LogP contribution in [0.15, 0.2) is 63.9 Å². The van der Waals surface area contributed by atoms with E-state index in [9.17, 15) is 22.8 Å². The predicted octanol–water partition coefficient (Wildman–Crippen LogP) is 3.10. The SMILES string of the molecule is O=C1N=c2ccccc2=C/C1=C\c1sc(=O)[nH]c1Nc1cccc(OC(F)(F)F)c1. The van der Waals surface area contributed by atoms with E-state index in [1.807, 2.05) is 12.1 Å². The molecule has 0 bridgehead atoms. The first kappa shape index (κ1) is 19.6. The van der Waals surface area contributed by atoms with Gasteiger partial charge in [-0.2, -0.15) is 0 Å². The number of nitrogens with one attached hydrogen (secondary N) is 2. The van der Waals surface area contributed by atoms with Crippen LogP contribution < -0.4 is 25.5 Å². The minimum atomic E-state index is -4.82. The number of halogens is 3. The van der Waals surface area contributed by atoms with Gasteiger partial charge in [0.25, 0.3) is 5.91 Å². The highest BCUT2D eigenvalue weighted by molar-refractivity contribution is 7.10. The average molecular weight is 431 g/mol. The summed E-state index contributed by atoms with van der Waals surface area (Å²) in [5, 5.41) is 4.17. The van der Waals surface area contributed by atoms with Crippen molar-refractivity contribution in [2.75, 3.05) is 5.32 Å². The molecule has 1 amide bonds. The Labute approximate surface area is 170 Å². The number of hydrogen-bond acceptors (Lipinski definition) is 5. The van der Waals surface area contributed by atoms with Crippen LogP contribution in [0.25, 0.3) is 12.2 Å². The van der Waals surface area contributed by atoms with E-state index >= 15 is 0 Å². The van der Waals surface area contributed by atoms with Crippen molar-refractivity contribution in [2.24, 2.45) is 4.99 Å². The Morgan fingerprint density at radius 2 is 1.90 bits per heavy atom. The first-order chi connectivity index (χ1) is 14.3. The molecule has 1 aliphatic rings. The molecule has 2 aromatic carbocycles. The number of amides is 1. The van der Waals surface area contributed by atoms with Gasteiger partial charge in [-0.3, -0.25) is 14.6 Å². The number of carbonyl (C=O) groups excluding carboxylic acids is 1. The molecule has 0 aliphatic carbocycles. The van der Waals surface area contributed by atoms with Gasteiger partial charge in [0.05, 0.1) is 10.2 Å². The molecule has 0 spiro atoms. The summed E-state index contributed by atoms with van der Waals surface area (Å²) in [6.07, 6.45) is -1.65. The molecule has 2 N–H and O–H groups in total. The standard InChI is InChI=1S/C20H12F3N3O3S/c21-20(22,23)29-14-6-3-5-13(10-14)24-17-16(30-19(28)26-17)9-12-8-11-4-1-2-7-15(11)25-18(12)27/h1-10,24H,(H,26,28)/b12-9+. The van der Waals surface area contributed by atoms with Crippen LogP contribution in [0.4, 0.5) is 24.7 Å². The third kappa shape index (κ3) is 4.49. The van der Waals surface area contributed by atoms with Crippen molar-refractivity contribution in [1.29, 1.82) is 0 Å². The molecule has 0 fully saturated rings. The van der Waals surface area contributed by atoms with Crippen molar-refractivity contribution in [3.05, 3.63) is 79.2 Å². The van der Waals surface area contributed by atoms with Crippen LogP contribution >= 0.6 is 11.3 Å². The maximum atomic E-state index is 12.4. The van der Waals surface area contributed by atoms with Crippen molar-refractivity contribution in [3.8, 4) is 5.75 Å². The molecular formula is C20H12F3N3O3S. The summed E-state index contributed by atoms with van der Waals surface area (Å²) in [4.78, 5) is 30.8. The minimum absolute atomic E-state index is 0.238. The van der Waals surface area contributed by atoms with E-state index in [0.29, 0.717) is 10.2 Å². The highest BCUT2D eigenvalue weighted by Crippen LogP contribution is 2.28. The van der Waals surface area contributed by atoms with Gasteiger partial charge in [0.15, 0.2) is 0 Å². The summed E-state index contributed by atoms with van der Waals surface area (Å²) in [7, 11) is 0. The van der Waals surface area contributed by atoms with Gasteiger partial charge >= 0.3 is 11.2 Å². The number of thiazole rings is 1. The maximum absolute atomic E-state index is 12.4. The van der Waals surface area contributed by atoms with Crippen molar-refractivity contribution in [1.82, 2.24) is 4.98 Å². The van der Waals surface area contributed by atoms with Crippen molar-refractivity contribution in [3.63, 3.8) is 0 Å². The monoisotopic (exact) mass is 431 g/mol. The quantitative estimate of drug-likeness (QED) is 0.622. The van der Waals surface area contributed by atoms with Crippen molar-refractivity contribution in [2.45, 2.75) is 6.36 Å². The molecule has 10 heteroatoms. The second-order valence-electron chi connectivity index (χ2n) is 6.17. The number of para-hydroxylation sites is 1. The number of H-pyrrole nitrogens is 1. The largest absolute Gasteiger partial charge is 0.573 e. The van der Waals surface area contributed by atoms with E-state index in [-0.39, 0.29) is 17.1 Å². The summed E-state index contributed by atoms with van der Waals surface area (Å²) in [5.41, 5.74) is 0.542. The van der Waals surface area contributed by atoms with Crippen LogP contribution in [0.1, 0.15) is 4.88 Å². The zero-order chi connectivity index (χ0) is 21.3. The number of fused-ring (bicyclic) bond motifs is 1. The van der Waals surface area contributed by atoms with Gasteiger partial charge in [-0.1, -0.05) is 35.6 Å². The first-order valence-electron chi connectivity index (χ1n) is 8.54. The van der Waals surface area contributed by atoms with E-state index in [1.54, 1.807) is 18.2 Å². The van der Waals surface area contributed by atoms with Gasteiger partial charge in [-0.15, -0.1) is 13.2 Å².